The quantitative estimate of drug-likeness (QED) is 0.720. The number of nitrogens with zero attached hydrogens (tertiary/aromatic N) is 1. The molecule has 2 unspecified atom stereocenters. The van der Waals surface area contributed by atoms with Crippen LogP contribution in [0.3, 0.4) is 0 Å². The highest BCUT2D eigenvalue weighted by Gasteiger charge is 2.28. The van der Waals surface area contributed by atoms with Crippen molar-refractivity contribution in [1.82, 2.24) is 4.90 Å². The largest absolute Gasteiger partial charge is 0.337 e. The molecule has 0 saturated carbocycles. The van der Waals surface area contributed by atoms with E-state index in [1.54, 1.807) is 11.0 Å². The second kappa shape index (κ2) is 5.50. The zero-order chi connectivity index (χ0) is 13.3. The Labute approximate surface area is 118 Å². The van der Waals surface area contributed by atoms with Crippen LogP contribution in [0.2, 0.25) is 5.02 Å². The van der Waals surface area contributed by atoms with Gasteiger partial charge in [-0.3, -0.25) is 4.79 Å². The van der Waals surface area contributed by atoms with Gasteiger partial charge in [0.2, 0.25) is 0 Å². The van der Waals surface area contributed by atoms with E-state index in [1.807, 2.05) is 19.1 Å². The number of rotatable bonds is 1. The van der Waals surface area contributed by atoms with Gasteiger partial charge in [0.25, 0.3) is 5.91 Å². The van der Waals surface area contributed by atoms with E-state index >= 15 is 0 Å². The highest BCUT2D eigenvalue weighted by atomic mass is 35.5. The maximum atomic E-state index is 12.4. The van der Waals surface area contributed by atoms with Crippen LogP contribution < -0.4 is 0 Å². The third kappa shape index (κ3) is 2.81. The molecule has 2 nitrogen and oxygen atoms in total. The topological polar surface area (TPSA) is 20.3 Å². The van der Waals surface area contributed by atoms with Gasteiger partial charge in [0.05, 0.1) is 16.0 Å². The van der Waals surface area contributed by atoms with Gasteiger partial charge in [-0.25, -0.2) is 0 Å². The van der Waals surface area contributed by atoms with Gasteiger partial charge in [-0.1, -0.05) is 24.6 Å². The molecule has 1 aliphatic heterocycles. The van der Waals surface area contributed by atoms with Gasteiger partial charge in [-0.05, 0) is 37.0 Å². The molecule has 1 amide bonds. The van der Waals surface area contributed by atoms with Crippen LogP contribution in [0.1, 0.15) is 29.3 Å². The van der Waals surface area contributed by atoms with Crippen LogP contribution in [0.15, 0.2) is 18.2 Å². The minimum Gasteiger partial charge on any atom is -0.337 e. The Hall–Kier alpha value is -0.730. The van der Waals surface area contributed by atoms with Gasteiger partial charge in [-0.15, -0.1) is 11.6 Å². The number of hydrogen-bond acceptors (Lipinski definition) is 1. The average Bonchev–Trinajstić information content (AvgIpc) is 2.32. The molecule has 0 N–H and O–H groups in total. The fourth-order valence-corrected chi connectivity index (χ4v) is 2.78. The number of carbonyl (C=O) groups is 1. The summed E-state index contributed by atoms with van der Waals surface area (Å²) in [6, 6.07) is 5.52. The first-order valence-corrected chi connectivity index (χ1v) is 7.00. The molecule has 1 aromatic rings. The van der Waals surface area contributed by atoms with Crippen LogP contribution in [-0.4, -0.2) is 29.3 Å². The van der Waals surface area contributed by atoms with Crippen molar-refractivity contribution in [1.29, 1.82) is 0 Å². The molecular weight excluding hydrogens is 269 g/mol. The van der Waals surface area contributed by atoms with Crippen molar-refractivity contribution in [3.8, 4) is 0 Å². The van der Waals surface area contributed by atoms with Gasteiger partial charge in [0.1, 0.15) is 0 Å². The summed E-state index contributed by atoms with van der Waals surface area (Å²) in [5.41, 5.74) is 1.62. The van der Waals surface area contributed by atoms with Crippen LogP contribution in [-0.2, 0) is 0 Å². The normalized spacial score (nSPS) is 24.1. The summed E-state index contributed by atoms with van der Waals surface area (Å²) in [4.78, 5) is 14.2. The molecule has 0 bridgehead atoms. The van der Waals surface area contributed by atoms with E-state index in [0.29, 0.717) is 23.0 Å². The zero-order valence-corrected chi connectivity index (χ0v) is 12.1. The summed E-state index contributed by atoms with van der Waals surface area (Å²) >= 11 is 12.4. The summed E-state index contributed by atoms with van der Waals surface area (Å²) in [7, 11) is 0. The number of piperidine rings is 1. The Balaban J connectivity index is 2.16. The van der Waals surface area contributed by atoms with Gasteiger partial charge < -0.3 is 4.90 Å². The van der Waals surface area contributed by atoms with E-state index in [0.717, 1.165) is 18.5 Å². The van der Waals surface area contributed by atoms with E-state index < -0.39 is 0 Å². The molecule has 1 aliphatic rings. The maximum absolute atomic E-state index is 12.4. The minimum atomic E-state index is -0.0162. The van der Waals surface area contributed by atoms with Crippen molar-refractivity contribution in [3.05, 3.63) is 34.3 Å². The SMILES string of the molecule is Cc1ccc(C(=O)N2CCC(C)C(Cl)C2)c(Cl)c1. The van der Waals surface area contributed by atoms with E-state index in [4.69, 9.17) is 23.2 Å². The lowest BCUT2D eigenvalue weighted by Gasteiger charge is -2.34. The summed E-state index contributed by atoms with van der Waals surface area (Å²) in [6.45, 7) is 5.44. The summed E-state index contributed by atoms with van der Waals surface area (Å²) < 4.78 is 0. The molecule has 18 heavy (non-hydrogen) atoms. The van der Waals surface area contributed by atoms with Crippen molar-refractivity contribution >= 4 is 29.1 Å². The number of benzene rings is 1. The predicted molar refractivity (Wildman–Crippen MR) is 75.5 cm³/mol. The molecular formula is C14H17Cl2NO. The number of amides is 1. The minimum absolute atomic E-state index is 0.0162. The Kier molecular flexibility index (Phi) is 4.18. The third-order valence-corrected chi connectivity index (χ3v) is 4.39. The van der Waals surface area contributed by atoms with Crippen molar-refractivity contribution in [2.24, 2.45) is 5.92 Å². The fourth-order valence-electron chi connectivity index (χ4n) is 2.17. The molecule has 98 valence electrons. The standard InChI is InChI=1S/C14H17Cl2NO/c1-9-3-4-11(12(15)7-9)14(18)17-6-5-10(2)13(16)8-17/h3-4,7,10,13H,5-6,8H2,1-2H3. The lowest BCUT2D eigenvalue weighted by atomic mass is 9.98. The van der Waals surface area contributed by atoms with Crippen molar-refractivity contribution in [2.75, 3.05) is 13.1 Å². The van der Waals surface area contributed by atoms with Crippen molar-refractivity contribution in [2.45, 2.75) is 25.6 Å². The first-order valence-electron chi connectivity index (χ1n) is 6.18. The third-order valence-electron chi connectivity index (χ3n) is 3.51. The number of likely N-dealkylation sites (tertiary alicyclic amines) is 1. The van der Waals surface area contributed by atoms with Gasteiger partial charge >= 0.3 is 0 Å². The molecule has 1 fully saturated rings. The predicted octanol–water partition coefficient (Wildman–Crippen LogP) is 3.74. The lowest BCUT2D eigenvalue weighted by molar-refractivity contribution is 0.0701. The molecule has 1 heterocycles. The zero-order valence-electron chi connectivity index (χ0n) is 10.6. The summed E-state index contributed by atoms with van der Waals surface area (Å²) in [5.74, 6) is 0.446. The van der Waals surface area contributed by atoms with Crippen molar-refractivity contribution < 1.29 is 4.79 Å². The average molecular weight is 286 g/mol. The number of aryl methyl sites for hydroxylation is 1. The number of halogens is 2. The molecule has 2 atom stereocenters. The summed E-state index contributed by atoms with van der Waals surface area (Å²) in [5, 5.41) is 0.552. The van der Waals surface area contributed by atoms with Crippen LogP contribution in [0.25, 0.3) is 0 Å². The smallest absolute Gasteiger partial charge is 0.255 e. The molecule has 1 saturated heterocycles. The number of carbonyl (C=O) groups excluding carboxylic acids is 1. The maximum Gasteiger partial charge on any atom is 0.255 e. The van der Waals surface area contributed by atoms with E-state index in [-0.39, 0.29) is 11.3 Å². The molecule has 0 spiro atoms. The second-order valence-electron chi connectivity index (χ2n) is 5.02. The molecule has 2 rings (SSSR count). The molecule has 0 radical (unpaired) electrons. The van der Waals surface area contributed by atoms with Gasteiger partial charge in [-0.2, -0.15) is 0 Å². The Morgan fingerprint density at radius 2 is 2.17 bits per heavy atom. The highest BCUT2D eigenvalue weighted by Crippen LogP contribution is 2.25. The van der Waals surface area contributed by atoms with Crippen LogP contribution in [0, 0.1) is 12.8 Å². The molecule has 1 aromatic carbocycles. The monoisotopic (exact) mass is 285 g/mol. The summed E-state index contributed by atoms with van der Waals surface area (Å²) in [6.07, 6.45) is 0.948. The van der Waals surface area contributed by atoms with Gasteiger partial charge in [0, 0.05) is 13.1 Å². The van der Waals surface area contributed by atoms with Crippen molar-refractivity contribution in [3.63, 3.8) is 0 Å². The Morgan fingerprint density at radius 1 is 1.44 bits per heavy atom. The van der Waals surface area contributed by atoms with Crippen LogP contribution in [0.5, 0.6) is 0 Å². The first-order chi connectivity index (χ1) is 8.49. The Morgan fingerprint density at radius 3 is 2.78 bits per heavy atom. The van der Waals surface area contributed by atoms with Gasteiger partial charge in [0.15, 0.2) is 0 Å². The van der Waals surface area contributed by atoms with E-state index in [2.05, 4.69) is 6.92 Å². The number of hydrogen-bond donors (Lipinski definition) is 0. The fraction of sp³-hybridized carbons (Fsp3) is 0.500. The molecule has 0 aliphatic carbocycles. The number of alkyl halides is 1. The molecule has 0 aromatic heterocycles. The van der Waals surface area contributed by atoms with E-state index in [1.165, 1.54) is 0 Å². The van der Waals surface area contributed by atoms with Crippen LogP contribution in [0.4, 0.5) is 0 Å². The van der Waals surface area contributed by atoms with E-state index in [9.17, 15) is 4.79 Å². The second-order valence-corrected chi connectivity index (χ2v) is 5.98. The first kappa shape index (κ1) is 13.7. The van der Waals surface area contributed by atoms with Crippen LogP contribution >= 0.6 is 23.2 Å². The highest BCUT2D eigenvalue weighted by molar-refractivity contribution is 6.33. The lowest BCUT2D eigenvalue weighted by Crippen LogP contribution is -2.43. The molecule has 4 heteroatoms. The Bertz CT molecular complexity index is 461.